The summed E-state index contributed by atoms with van der Waals surface area (Å²) < 4.78 is 0. The lowest BCUT2D eigenvalue weighted by Crippen LogP contribution is -2.50. The van der Waals surface area contributed by atoms with Crippen LogP contribution in [0.15, 0.2) is 0 Å². The number of fused-ring (bicyclic) bond motifs is 2. The molecule has 4 fully saturated rings. The second-order valence-electron chi connectivity index (χ2n) is 9.78. The maximum absolute atomic E-state index is 12.5. The van der Waals surface area contributed by atoms with Crippen molar-refractivity contribution in [2.45, 2.75) is 76.8 Å². The van der Waals surface area contributed by atoms with Gasteiger partial charge in [-0.1, -0.05) is 12.8 Å². The molecule has 0 aromatic heterocycles. The van der Waals surface area contributed by atoms with Crippen LogP contribution in [0.25, 0.3) is 0 Å². The summed E-state index contributed by atoms with van der Waals surface area (Å²) in [5.74, 6) is 2.07. The van der Waals surface area contributed by atoms with Gasteiger partial charge in [-0.15, -0.1) is 0 Å². The van der Waals surface area contributed by atoms with Crippen LogP contribution in [0, 0.1) is 17.8 Å². The van der Waals surface area contributed by atoms with E-state index in [4.69, 9.17) is 0 Å². The van der Waals surface area contributed by atoms with E-state index in [0.29, 0.717) is 18.5 Å². The van der Waals surface area contributed by atoms with E-state index < -0.39 is 0 Å². The van der Waals surface area contributed by atoms with E-state index >= 15 is 0 Å². The highest BCUT2D eigenvalue weighted by Gasteiger charge is 2.42. The normalized spacial score (nSPS) is 34.5. The molecule has 3 amide bonds. The zero-order valence-corrected chi connectivity index (χ0v) is 17.5. The first-order chi connectivity index (χ1) is 13.6. The molecular weight excluding hydrogens is 352 g/mol. The van der Waals surface area contributed by atoms with Crippen molar-refractivity contribution in [1.29, 1.82) is 0 Å². The Bertz CT molecular complexity index is 563. The Hall–Kier alpha value is -1.14. The standard InChI is InChI=1S/C22H38N4O2/c1-16(20-13-17-7-8-18(20)12-17)23-22(28)24-21(27)15-26-11-5-6-19(26)14-25-9-3-2-4-10-25/h16-20H,2-15H2,1H3,(H2,23,24,27,28). The van der Waals surface area contributed by atoms with Gasteiger partial charge in [0.05, 0.1) is 6.54 Å². The van der Waals surface area contributed by atoms with Crippen LogP contribution in [0.5, 0.6) is 0 Å². The fourth-order valence-corrected chi connectivity index (χ4v) is 6.36. The number of likely N-dealkylation sites (tertiary alicyclic amines) is 2. The minimum Gasteiger partial charge on any atom is -0.335 e. The van der Waals surface area contributed by atoms with Crippen LogP contribution in [-0.4, -0.2) is 66.5 Å². The Morgan fingerprint density at radius 3 is 2.54 bits per heavy atom. The summed E-state index contributed by atoms with van der Waals surface area (Å²) in [4.78, 5) is 29.6. The number of imide groups is 1. The third-order valence-corrected chi connectivity index (χ3v) is 7.81. The highest BCUT2D eigenvalue weighted by Crippen LogP contribution is 2.49. The Balaban J connectivity index is 1.19. The van der Waals surface area contributed by atoms with E-state index in [1.54, 1.807) is 0 Å². The molecule has 28 heavy (non-hydrogen) atoms. The maximum atomic E-state index is 12.5. The monoisotopic (exact) mass is 390 g/mol. The van der Waals surface area contributed by atoms with Crippen molar-refractivity contribution in [1.82, 2.24) is 20.4 Å². The lowest BCUT2D eigenvalue weighted by molar-refractivity contribution is -0.121. The van der Waals surface area contributed by atoms with E-state index in [0.717, 1.165) is 37.8 Å². The van der Waals surface area contributed by atoms with E-state index in [1.165, 1.54) is 58.0 Å². The van der Waals surface area contributed by atoms with Crippen LogP contribution in [0.1, 0.15) is 64.7 Å². The number of hydrogen-bond acceptors (Lipinski definition) is 4. The van der Waals surface area contributed by atoms with Crippen molar-refractivity contribution in [2.75, 3.05) is 32.7 Å². The number of nitrogens with zero attached hydrogens (tertiary/aromatic N) is 2. The summed E-state index contributed by atoms with van der Waals surface area (Å²) in [7, 11) is 0. The van der Waals surface area contributed by atoms with Crippen molar-refractivity contribution >= 4 is 11.9 Å². The van der Waals surface area contributed by atoms with Gasteiger partial charge in [-0.25, -0.2) is 4.79 Å². The van der Waals surface area contributed by atoms with Gasteiger partial charge in [-0.3, -0.25) is 15.0 Å². The number of nitrogens with one attached hydrogen (secondary N) is 2. The van der Waals surface area contributed by atoms with Gasteiger partial charge in [0.15, 0.2) is 0 Å². The average molecular weight is 391 g/mol. The van der Waals surface area contributed by atoms with Crippen LogP contribution in [0.2, 0.25) is 0 Å². The van der Waals surface area contributed by atoms with Gasteiger partial charge in [0, 0.05) is 18.6 Å². The molecule has 158 valence electrons. The molecule has 0 spiro atoms. The predicted molar refractivity (Wildman–Crippen MR) is 110 cm³/mol. The third kappa shape index (κ3) is 4.88. The highest BCUT2D eigenvalue weighted by molar-refractivity contribution is 5.95. The first-order valence-electron chi connectivity index (χ1n) is 11.6. The topological polar surface area (TPSA) is 64.7 Å². The highest BCUT2D eigenvalue weighted by atomic mass is 16.2. The molecule has 0 aromatic rings. The molecule has 5 unspecified atom stereocenters. The Morgan fingerprint density at radius 1 is 1.00 bits per heavy atom. The molecule has 5 atom stereocenters. The lowest BCUT2D eigenvalue weighted by Gasteiger charge is -2.32. The molecule has 4 aliphatic rings. The molecule has 6 heteroatoms. The third-order valence-electron chi connectivity index (χ3n) is 7.81. The largest absolute Gasteiger partial charge is 0.335 e. The van der Waals surface area contributed by atoms with Gasteiger partial charge in [-0.05, 0) is 89.3 Å². The molecule has 2 saturated heterocycles. The van der Waals surface area contributed by atoms with Gasteiger partial charge in [0.25, 0.3) is 0 Å². The van der Waals surface area contributed by atoms with Crippen molar-refractivity contribution in [3.63, 3.8) is 0 Å². The number of carbonyl (C=O) groups excluding carboxylic acids is 2. The number of hydrogen-bond donors (Lipinski definition) is 2. The van der Waals surface area contributed by atoms with Gasteiger partial charge in [0.2, 0.25) is 5.91 Å². The molecule has 0 aromatic carbocycles. The first kappa shape index (κ1) is 20.1. The minimum absolute atomic E-state index is 0.154. The van der Waals surface area contributed by atoms with Gasteiger partial charge in [0.1, 0.15) is 0 Å². The van der Waals surface area contributed by atoms with Gasteiger partial charge < -0.3 is 10.2 Å². The van der Waals surface area contributed by atoms with E-state index in [-0.39, 0.29) is 18.0 Å². The van der Waals surface area contributed by atoms with Gasteiger partial charge in [-0.2, -0.15) is 0 Å². The summed E-state index contributed by atoms with van der Waals surface area (Å²) in [6.45, 7) is 6.87. The fourth-order valence-electron chi connectivity index (χ4n) is 6.36. The number of amides is 3. The minimum atomic E-state index is -0.313. The Labute approximate surface area is 169 Å². The van der Waals surface area contributed by atoms with Crippen LogP contribution in [0.4, 0.5) is 4.79 Å². The summed E-state index contributed by atoms with van der Waals surface area (Å²) >= 11 is 0. The predicted octanol–water partition coefficient (Wildman–Crippen LogP) is 2.59. The number of urea groups is 1. The van der Waals surface area contributed by atoms with Crippen molar-refractivity contribution in [2.24, 2.45) is 17.8 Å². The summed E-state index contributed by atoms with van der Waals surface area (Å²) in [6.07, 6.45) is 11.5. The summed E-state index contributed by atoms with van der Waals surface area (Å²) in [6, 6.07) is 0.300. The number of carbonyl (C=O) groups is 2. The van der Waals surface area contributed by atoms with Crippen LogP contribution in [-0.2, 0) is 4.79 Å². The second kappa shape index (κ2) is 9.12. The van der Waals surface area contributed by atoms with Crippen molar-refractivity contribution < 1.29 is 9.59 Å². The fraction of sp³-hybridized carbons (Fsp3) is 0.909. The molecule has 2 heterocycles. The molecule has 2 N–H and O–H groups in total. The van der Waals surface area contributed by atoms with Crippen LogP contribution < -0.4 is 10.6 Å². The Morgan fingerprint density at radius 2 is 1.82 bits per heavy atom. The first-order valence-corrected chi connectivity index (χ1v) is 11.6. The summed E-state index contributed by atoms with van der Waals surface area (Å²) in [5, 5.41) is 5.63. The van der Waals surface area contributed by atoms with Crippen LogP contribution in [0.3, 0.4) is 0 Å². The second-order valence-corrected chi connectivity index (χ2v) is 9.78. The maximum Gasteiger partial charge on any atom is 0.321 e. The molecule has 2 aliphatic carbocycles. The zero-order valence-electron chi connectivity index (χ0n) is 17.5. The van der Waals surface area contributed by atoms with Crippen molar-refractivity contribution in [3.05, 3.63) is 0 Å². The number of piperidine rings is 1. The van der Waals surface area contributed by atoms with E-state index in [9.17, 15) is 9.59 Å². The molecule has 2 saturated carbocycles. The molecule has 2 bridgehead atoms. The lowest BCUT2D eigenvalue weighted by atomic mass is 9.84. The summed E-state index contributed by atoms with van der Waals surface area (Å²) in [5.41, 5.74) is 0. The average Bonchev–Trinajstić information content (AvgIpc) is 3.40. The van der Waals surface area contributed by atoms with Crippen molar-refractivity contribution in [3.8, 4) is 0 Å². The SMILES string of the molecule is CC(NC(=O)NC(=O)CN1CCCC1CN1CCCCC1)C1CC2CCC1C2. The smallest absolute Gasteiger partial charge is 0.321 e. The molecule has 6 nitrogen and oxygen atoms in total. The quantitative estimate of drug-likeness (QED) is 0.732. The molecular formula is C22H38N4O2. The van der Waals surface area contributed by atoms with Crippen LogP contribution >= 0.6 is 0 Å². The van der Waals surface area contributed by atoms with E-state index in [1.807, 2.05) is 0 Å². The molecule has 0 radical (unpaired) electrons. The molecule has 4 rings (SSSR count). The number of rotatable bonds is 6. The van der Waals surface area contributed by atoms with E-state index in [2.05, 4.69) is 27.4 Å². The zero-order chi connectivity index (χ0) is 19.5. The molecule has 2 aliphatic heterocycles. The Kier molecular flexibility index (Phi) is 6.56. The van der Waals surface area contributed by atoms with Gasteiger partial charge >= 0.3 is 6.03 Å².